The normalized spacial score (nSPS) is 21.6. The maximum atomic E-state index is 11.9. The lowest BCUT2D eigenvalue weighted by Crippen LogP contribution is -2.39. The van der Waals surface area contributed by atoms with Gasteiger partial charge in [0.15, 0.2) is 11.0 Å². The molecule has 2 N–H and O–H groups in total. The van der Waals surface area contributed by atoms with E-state index in [0.29, 0.717) is 21.9 Å². The Labute approximate surface area is 178 Å². The van der Waals surface area contributed by atoms with Crippen molar-refractivity contribution in [2.75, 3.05) is 6.26 Å². The van der Waals surface area contributed by atoms with Crippen LogP contribution in [0.2, 0.25) is 0 Å². The first kappa shape index (κ1) is 31.7. The largest absolute Gasteiger partial charge is 0.722 e. The first-order chi connectivity index (χ1) is 13.3. The molecule has 2 unspecified atom stereocenters. The molecule has 17 heteroatoms. The standard InChI is InChI=1S/C13H23OS.3FHO3S/c1-15(11-7-3-2-4-8-11)13-10-6-5-9-12(13)14;3*1-5(2,3)4/h11,13H,2-10H2,1H3;3*(H,2,3,4)/q+1;;;/p-1. The van der Waals surface area contributed by atoms with Crippen LogP contribution in [-0.4, -0.2) is 61.5 Å². The van der Waals surface area contributed by atoms with E-state index >= 15 is 0 Å². The van der Waals surface area contributed by atoms with E-state index in [-0.39, 0.29) is 0 Å². The van der Waals surface area contributed by atoms with Crippen molar-refractivity contribution in [2.24, 2.45) is 0 Å². The van der Waals surface area contributed by atoms with Gasteiger partial charge in [-0.2, -0.15) is 16.8 Å². The number of carbonyl (C=O) groups excluding carboxylic acids is 1. The van der Waals surface area contributed by atoms with Gasteiger partial charge >= 0.3 is 21.0 Å². The summed E-state index contributed by atoms with van der Waals surface area (Å²) in [6.45, 7) is 0. The van der Waals surface area contributed by atoms with Crippen LogP contribution in [0.15, 0.2) is 0 Å². The van der Waals surface area contributed by atoms with Crippen LogP contribution >= 0.6 is 0 Å². The molecular formula is C13H25F3O10S4. The molecule has 2 aliphatic carbocycles. The summed E-state index contributed by atoms with van der Waals surface area (Å²) in [6.07, 6.45) is 13.9. The molecule has 0 spiro atoms. The SMILES string of the molecule is C[S+](C1CCCCC1)C1CCCCC1=O.O=S(=O)(O)F.O=S(=O)(O)F.O=S(=O)([O-])F. The average Bonchev–Trinajstić information content (AvgIpc) is 2.51. The zero-order chi connectivity index (χ0) is 24.2. The second-order valence-corrected chi connectivity index (χ2v) is 11.2. The molecule has 30 heavy (non-hydrogen) atoms. The van der Waals surface area contributed by atoms with E-state index in [1.54, 1.807) is 0 Å². The van der Waals surface area contributed by atoms with Crippen LogP contribution in [0.3, 0.4) is 0 Å². The van der Waals surface area contributed by atoms with Crippen LogP contribution in [0.5, 0.6) is 0 Å². The molecule has 0 aromatic heterocycles. The summed E-state index contributed by atoms with van der Waals surface area (Å²) in [5.41, 5.74) is 0. The molecular weight excluding hydrogens is 501 g/mol. The first-order valence-corrected chi connectivity index (χ1v) is 14.2. The second kappa shape index (κ2) is 14.6. The Kier molecular flexibility index (Phi) is 15.4. The zero-order valence-corrected chi connectivity index (χ0v) is 19.2. The van der Waals surface area contributed by atoms with Crippen molar-refractivity contribution in [3.05, 3.63) is 0 Å². The van der Waals surface area contributed by atoms with E-state index in [1.165, 1.54) is 44.9 Å². The Morgan fingerprint density at radius 1 is 0.833 bits per heavy atom. The third-order valence-corrected chi connectivity index (χ3v) is 6.94. The molecule has 0 aromatic carbocycles. The van der Waals surface area contributed by atoms with Gasteiger partial charge in [-0.1, -0.05) is 14.2 Å². The molecule has 0 bridgehead atoms. The molecule has 0 radical (unpaired) electrons. The van der Waals surface area contributed by atoms with Gasteiger partial charge in [-0.05, 0) is 49.4 Å². The molecule has 0 amide bonds. The summed E-state index contributed by atoms with van der Waals surface area (Å²) >= 11 is 0. The van der Waals surface area contributed by atoms with E-state index in [2.05, 4.69) is 6.26 Å². The summed E-state index contributed by atoms with van der Waals surface area (Å²) in [7, 11) is -15.4. The Morgan fingerprint density at radius 3 is 1.50 bits per heavy atom. The summed E-state index contributed by atoms with van der Waals surface area (Å²) in [6, 6.07) is 0. The number of halogens is 3. The molecule has 0 heterocycles. The van der Waals surface area contributed by atoms with Crippen LogP contribution in [0, 0.1) is 0 Å². The summed E-state index contributed by atoms with van der Waals surface area (Å²) in [5, 5.41) is 1.33. The average molecular weight is 527 g/mol. The van der Waals surface area contributed by atoms with Gasteiger partial charge in [0.25, 0.3) is 10.5 Å². The van der Waals surface area contributed by atoms with Crippen LogP contribution < -0.4 is 0 Å². The van der Waals surface area contributed by atoms with Gasteiger partial charge in [-0.15, -0.1) is 3.89 Å². The van der Waals surface area contributed by atoms with Crippen molar-refractivity contribution in [1.29, 1.82) is 0 Å². The van der Waals surface area contributed by atoms with Crippen LogP contribution in [0.1, 0.15) is 57.8 Å². The summed E-state index contributed by atoms with van der Waals surface area (Å²) < 4.78 is 104. The van der Waals surface area contributed by atoms with Gasteiger partial charge in [0.1, 0.15) is 5.25 Å². The van der Waals surface area contributed by atoms with Crippen molar-refractivity contribution >= 4 is 48.2 Å². The van der Waals surface area contributed by atoms with Crippen molar-refractivity contribution in [2.45, 2.75) is 68.3 Å². The molecule has 0 saturated heterocycles. The highest BCUT2D eigenvalue weighted by Crippen LogP contribution is 2.31. The van der Waals surface area contributed by atoms with Gasteiger partial charge in [-0.3, -0.25) is 13.9 Å². The predicted molar refractivity (Wildman–Crippen MR) is 104 cm³/mol. The van der Waals surface area contributed by atoms with Gasteiger partial charge in [0.2, 0.25) is 0 Å². The molecule has 182 valence electrons. The van der Waals surface area contributed by atoms with Crippen molar-refractivity contribution in [3.8, 4) is 0 Å². The Balaban J connectivity index is 0. The van der Waals surface area contributed by atoms with Crippen molar-refractivity contribution in [1.82, 2.24) is 0 Å². The van der Waals surface area contributed by atoms with Gasteiger partial charge < -0.3 is 4.55 Å². The lowest BCUT2D eigenvalue weighted by molar-refractivity contribution is -0.119. The number of hydrogen-bond donors (Lipinski definition) is 2. The molecule has 2 atom stereocenters. The molecule has 0 aliphatic heterocycles. The summed E-state index contributed by atoms with van der Waals surface area (Å²) in [5.74, 6) is 0.581. The molecule has 2 saturated carbocycles. The van der Waals surface area contributed by atoms with Crippen LogP contribution in [-0.2, 0) is 47.2 Å². The Morgan fingerprint density at radius 2 is 1.17 bits per heavy atom. The fraction of sp³-hybridized carbons (Fsp3) is 0.923. The number of rotatable bonds is 2. The Hall–Kier alpha value is -0.460. The predicted octanol–water partition coefficient (Wildman–Crippen LogP) is 2.01. The topological polar surface area (TPSA) is 183 Å². The minimum atomic E-state index is -5.42. The summed E-state index contributed by atoms with van der Waals surface area (Å²) in [4.78, 5) is 11.9. The molecule has 2 fully saturated rings. The molecule has 2 rings (SSSR count). The number of carbonyl (C=O) groups is 1. The zero-order valence-electron chi connectivity index (χ0n) is 15.9. The first-order valence-electron chi connectivity index (χ1n) is 8.45. The lowest BCUT2D eigenvalue weighted by atomic mass is 9.99. The highest BCUT2D eigenvalue weighted by Gasteiger charge is 2.40. The highest BCUT2D eigenvalue weighted by atomic mass is 32.3. The van der Waals surface area contributed by atoms with E-state index < -0.39 is 31.5 Å². The fourth-order valence-electron chi connectivity index (χ4n) is 3.01. The van der Waals surface area contributed by atoms with Crippen molar-refractivity contribution in [3.63, 3.8) is 0 Å². The maximum Gasteiger partial charge on any atom is 0.435 e. The minimum Gasteiger partial charge on any atom is -0.722 e. The molecule has 2 aliphatic rings. The fourth-order valence-corrected chi connectivity index (χ4v) is 5.63. The second-order valence-electron chi connectivity index (χ2n) is 6.29. The van der Waals surface area contributed by atoms with Gasteiger partial charge in [0.05, 0.1) is 6.26 Å². The quantitative estimate of drug-likeness (QED) is 0.306. The van der Waals surface area contributed by atoms with Crippen molar-refractivity contribution < 1.29 is 55.4 Å². The molecule has 0 aromatic rings. The molecule has 10 nitrogen and oxygen atoms in total. The van der Waals surface area contributed by atoms with E-state index in [0.717, 1.165) is 18.1 Å². The third kappa shape index (κ3) is 27.5. The van der Waals surface area contributed by atoms with E-state index in [9.17, 15) is 16.5 Å². The number of ketones is 1. The Bertz CT molecular complexity index is 713. The number of hydrogen-bond acceptors (Lipinski definition) is 8. The monoisotopic (exact) mass is 526 g/mol. The smallest absolute Gasteiger partial charge is 0.435 e. The van der Waals surface area contributed by atoms with Crippen LogP contribution in [0.4, 0.5) is 11.7 Å². The third-order valence-electron chi connectivity index (χ3n) is 4.03. The number of Topliss-reactive ketones (excluding diaryl/α,β-unsaturated/α-hetero) is 1. The van der Waals surface area contributed by atoms with E-state index in [4.69, 9.17) is 38.9 Å². The maximum absolute atomic E-state index is 11.9. The lowest BCUT2D eigenvalue weighted by Gasteiger charge is -2.27. The van der Waals surface area contributed by atoms with Crippen LogP contribution in [0.25, 0.3) is 0 Å². The van der Waals surface area contributed by atoms with E-state index in [1.807, 2.05) is 0 Å². The minimum absolute atomic E-state index is 0.377. The van der Waals surface area contributed by atoms with Gasteiger partial charge in [-0.25, -0.2) is 8.42 Å². The van der Waals surface area contributed by atoms with Gasteiger partial charge in [0, 0.05) is 12.8 Å². The highest BCUT2D eigenvalue weighted by molar-refractivity contribution is 7.98.